The zero-order valence-corrected chi connectivity index (χ0v) is 19.8. The van der Waals surface area contributed by atoms with E-state index in [0.29, 0.717) is 23.8 Å². The van der Waals surface area contributed by atoms with Crippen LogP contribution in [0.25, 0.3) is 0 Å². The molecule has 0 bridgehead atoms. The Labute approximate surface area is 195 Å². The van der Waals surface area contributed by atoms with Crippen LogP contribution in [0.2, 0.25) is 0 Å². The number of aryl methyl sites for hydroxylation is 1. The summed E-state index contributed by atoms with van der Waals surface area (Å²) in [5.41, 5.74) is 2.24. The summed E-state index contributed by atoms with van der Waals surface area (Å²) in [7, 11) is -2.42. The number of hydrogen-bond acceptors (Lipinski definition) is 5. The summed E-state index contributed by atoms with van der Waals surface area (Å²) in [4.78, 5) is 12.8. The van der Waals surface area contributed by atoms with Gasteiger partial charge in [0.15, 0.2) is 0 Å². The SMILES string of the molecule is CCOc1ccc(S(=O)(=O)N(CC(=O)NCc2cccc(OC)c2)c2ccc(C)cc2)cc1. The van der Waals surface area contributed by atoms with Gasteiger partial charge in [-0.15, -0.1) is 0 Å². The summed E-state index contributed by atoms with van der Waals surface area (Å²) in [5, 5.41) is 2.79. The zero-order chi connectivity index (χ0) is 23.8. The molecule has 174 valence electrons. The second-order valence-corrected chi connectivity index (χ2v) is 9.24. The van der Waals surface area contributed by atoms with Crippen molar-refractivity contribution in [2.45, 2.75) is 25.3 Å². The Morgan fingerprint density at radius 2 is 1.67 bits per heavy atom. The third kappa shape index (κ3) is 6.26. The van der Waals surface area contributed by atoms with Gasteiger partial charge in [0.1, 0.15) is 18.0 Å². The molecule has 0 aliphatic carbocycles. The Balaban J connectivity index is 1.83. The molecule has 0 saturated heterocycles. The number of carbonyl (C=O) groups is 1. The monoisotopic (exact) mass is 468 g/mol. The van der Waals surface area contributed by atoms with E-state index in [1.165, 1.54) is 12.1 Å². The van der Waals surface area contributed by atoms with Crippen LogP contribution in [0, 0.1) is 6.92 Å². The lowest BCUT2D eigenvalue weighted by atomic mass is 10.2. The Morgan fingerprint density at radius 3 is 2.30 bits per heavy atom. The Morgan fingerprint density at radius 1 is 0.970 bits per heavy atom. The lowest BCUT2D eigenvalue weighted by Gasteiger charge is -2.24. The van der Waals surface area contributed by atoms with Crippen molar-refractivity contribution in [1.29, 1.82) is 0 Å². The van der Waals surface area contributed by atoms with E-state index in [-0.39, 0.29) is 18.0 Å². The number of nitrogens with one attached hydrogen (secondary N) is 1. The molecule has 0 aromatic heterocycles. The minimum absolute atomic E-state index is 0.0760. The largest absolute Gasteiger partial charge is 0.497 e. The number of carbonyl (C=O) groups excluding carboxylic acids is 1. The molecule has 3 rings (SSSR count). The van der Waals surface area contributed by atoms with E-state index >= 15 is 0 Å². The maximum absolute atomic E-state index is 13.5. The highest BCUT2D eigenvalue weighted by Gasteiger charge is 2.27. The van der Waals surface area contributed by atoms with Crippen molar-refractivity contribution >= 4 is 21.6 Å². The molecule has 0 radical (unpaired) electrons. The van der Waals surface area contributed by atoms with Crippen molar-refractivity contribution in [3.63, 3.8) is 0 Å². The van der Waals surface area contributed by atoms with Crippen molar-refractivity contribution in [2.24, 2.45) is 0 Å². The molecule has 7 nitrogen and oxygen atoms in total. The summed E-state index contributed by atoms with van der Waals surface area (Å²) in [6, 6.07) is 20.5. The van der Waals surface area contributed by atoms with Gasteiger partial charge in [-0.05, 0) is 67.9 Å². The molecule has 1 N–H and O–H groups in total. The van der Waals surface area contributed by atoms with Crippen LogP contribution in [0.1, 0.15) is 18.1 Å². The first kappa shape index (κ1) is 24.1. The quantitative estimate of drug-likeness (QED) is 0.488. The number of sulfonamides is 1. The first-order valence-electron chi connectivity index (χ1n) is 10.6. The molecule has 0 heterocycles. The number of nitrogens with zero attached hydrogens (tertiary/aromatic N) is 1. The molecule has 0 aliphatic heterocycles. The maximum atomic E-state index is 13.5. The van der Waals surface area contributed by atoms with Gasteiger partial charge in [-0.3, -0.25) is 9.10 Å². The predicted molar refractivity (Wildman–Crippen MR) is 128 cm³/mol. The van der Waals surface area contributed by atoms with Crippen LogP contribution in [0.4, 0.5) is 5.69 Å². The molecule has 33 heavy (non-hydrogen) atoms. The van der Waals surface area contributed by atoms with E-state index in [9.17, 15) is 13.2 Å². The highest BCUT2D eigenvalue weighted by atomic mass is 32.2. The van der Waals surface area contributed by atoms with E-state index in [4.69, 9.17) is 9.47 Å². The molecule has 1 amide bonds. The lowest BCUT2D eigenvalue weighted by Crippen LogP contribution is -2.40. The molecule has 0 atom stereocenters. The first-order chi connectivity index (χ1) is 15.8. The van der Waals surface area contributed by atoms with E-state index in [1.54, 1.807) is 31.4 Å². The molecule has 3 aromatic carbocycles. The number of anilines is 1. The smallest absolute Gasteiger partial charge is 0.264 e. The summed E-state index contributed by atoms with van der Waals surface area (Å²) in [6.07, 6.45) is 0. The van der Waals surface area contributed by atoms with Gasteiger partial charge < -0.3 is 14.8 Å². The fraction of sp³-hybridized carbons (Fsp3) is 0.240. The average molecular weight is 469 g/mol. The third-order valence-electron chi connectivity index (χ3n) is 4.96. The van der Waals surface area contributed by atoms with Gasteiger partial charge in [0.2, 0.25) is 5.91 Å². The van der Waals surface area contributed by atoms with Crippen molar-refractivity contribution in [1.82, 2.24) is 5.32 Å². The van der Waals surface area contributed by atoms with Crippen LogP contribution in [0.3, 0.4) is 0 Å². The normalized spacial score (nSPS) is 11.0. The van der Waals surface area contributed by atoms with Gasteiger partial charge in [0.05, 0.1) is 24.3 Å². The van der Waals surface area contributed by atoms with Crippen LogP contribution in [-0.4, -0.2) is 34.6 Å². The van der Waals surface area contributed by atoms with Crippen molar-refractivity contribution < 1.29 is 22.7 Å². The number of hydrogen-bond donors (Lipinski definition) is 1. The summed E-state index contributed by atoms with van der Waals surface area (Å²) in [5.74, 6) is 0.836. The van der Waals surface area contributed by atoms with Crippen LogP contribution in [0.15, 0.2) is 77.7 Å². The minimum atomic E-state index is -3.99. The number of rotatable bonds is 10. The van der Waals surface area contributed by atoms with Crippen molar-refractivity contribution in [2.75, 3.05) is 24.6 Å². The summed E-state index contributed by atoms with van der Waals surface area (Å²) in [6.45, 7) is 4.14. The molecular formula is C25H28N2O5S. The predicted octanol–water partition coefficient (Wildman–Crippen LogP) is 3.91. The second kappa shape index (κ2) is 10.9. The standard InChI is InChI=1S/C25H28N2O5S/c1-4-32-22-12-14-24(15-13-22)33(29,30)27(21-10-8-19(2)9-11-21)18-25(28)26-17-20-6-5-7-23(16-20)31-3/h5-16H,4,17-18H2,1-3H3,(H,26,28). The average Bonchev–Trinajstić information content (AvgIpc) is 2.82. The van der Waals surface area contributed by atoms with Crippen LogP contribution in [-0.2, 0) is 21.4 Å². The highest BCUT2D eigenvalue weighted by molar-refractivity contribution is 7.92. The van der Waals surface area contributed by atoms with E-state index in [0.717, 1.165) is 15.4 Å². The van der Waals surface area contributed by atoms with Crippen LogP contribution in [0.5, 0.6) is 11.5 Å². The van der Waals surface area contributed by atoms with Gasteiger partial charge in [0.25, 0.3) is 10.0 Å². The molecule has 8 heteroatoms. The zero-order valence-electron chi connectivity index (χ0n) is 18.9. The van der Waals surface area contributed by atoms with Gasteiger partial charge in [-0.25, -0.2) is 8.42 Å². The fourth-order valence-corrected chi connectivity index (χ4v) is 4.62. The Kier molecular flexibility index (Phi) is 7.95. The van der Waals surface area contributed by atoms with Gasteiger partial charge in [0, 0.05) is 6.54 Å². The number of benzene rings is 3. The molecule has 0 saturated carbocycles. The molecule has 3 aromatic rings. The second-order valence-electron chi connectivity index (χ2n) is 7.38. The van der Waals surface area contributed by atoms with Gasteiger partial charge in [-0.1, -0.05) is 29.8 Å². The van der Waals surface area contributed by atoms with E-state index in [1.807, 2.05) is 50.2 Å². The minimum Gasteiger partial charge on any atom is -0.497 e. The Bertz CT molecular complexity index is 1180. The first-order valence-corrected chi connectivity index (χ1v) is 12.0. The molecule has 0 spiro atoms. The molecule has 0 aliphatic rings. The maximum Gasteiger partial charge on any atom is 0.264 e. The summed E-state index contributed by atoms with van der Waals surface area (Å²) < 4.78 is 38.7. The third-order valence-corrected chi connectivity index (χ3v) is 6.74. The van der Waals surface area contributed by atoms with Crippen LogP contribution < -0.4 is 19.1 Å². The molecular weight excluding hydrogens is 440 g/mol. The van der Waals surface area contributed by atoms with E-state index < -0.39 is 15.9 Å². The van der Waals surface area contributed by atoms with Crippen molar-refractivity contribution in [3.05, 3.63) is 83.9 Å². The Hall–Kier alpha value is -3.52. The van der Waals surface area contributed by atoms with Gasteiger partial charge >= 0.3 is 0 Å². The topological polar surface area (TPSA) is 84.9 Å². The summed E-state index contributed by atoms with van der Waals surface area (Å²) >= 11 is 0. The van der Waals surface area contributed by atoms with Crippen molar-refractivity contribution in [3.8, 4) is 11.5 Å². The lowest BCUT2D eigenvalue weighted by molar-refractivity contribution is -0.119. The van der Waals surface area contributed by atoms with Crippen LogP contribution >= 0.6 is 0 Å². The number of ether oxygens (including phenoxy) is 2. The number of amides is 1. The fourth-order valence-electron chi connectivity index (χ4n) is 3.20. The molecule has 0 fully saturated rings. The highest BCUT2D eigenvalue weighted by Crippen LogP contribution is 2.25. The molecule has 0 unspecified atom stereocenters. The van der Waals surface area contributed by atoms with E-state index in [2.05, 4.69) is 5.32 Å². The van der Waals surface area contributed by atoms with Gasteiger partial charge in [-0.2, -0.15) is 0 Å². The number of methoxy groups -OCH3 is 1.